The van der Waals surface area contributed by atoms with Gasteiger partial charge in [-0.25, -0.2) is 4.79 Å². The van der Waals surface area contributed by atoms with Crippen LogP contribution >= 0.6 is 11.5 Å². The second kappa shape index (κ2) is 5.61. The van der Waals surface area contributed by atoms with Gasteiger partial charge in [0.15, 0.2) is 0 Å². The fourth-order valence-corrected chi connectivity index (χ4v) is 2.07. The number of aromatic carboxylic acids is 1. The molecule has 8 nitrogen and oxygen atoms in total. The van der Waals surface area contributed by atoms with Gasteiger partial charge in [-0.2, -0.15) is 9.36 Å². The summed E-state index contributed by atoms with van der Waals surface area (Å²) in [5, 5.41) is 19.9. The highest BCUT2D eigenvalue weighted by Crippen LogP contribution is 2.28. The first-order chi connectivity index (χ1) is 9.51. The number of nitro groups is 1. The first-order valence-corrected chi connectivity index (χ1v) is 6.30. The zero-order valence-electron chi connectivity index (χ0n) is 10.3. The largest absolute Gasteiger partial charge is 0.477 e. The molecule has 0 bridgehead atoms. The summed E-state index contributed by atoms with van der Waals surface area (Å²) in [4.78, 5) is 25.0. The molecule has 0 atom stereocenters. The molecule has 0 unspecified atom stereocenters. The van der Waals surface area contributed by atoms with Crippen molar-refractivity contribution in [3.05, 3.63) is 39.7 Å². The number of benzene rings is 1. The van der Waals surface area contributed by atoms with Crippen LogP contribution in [0.3, 0.4) is 0 Å². The van der Waals surface area contributed by atoms with Crippen molar-refractivity contribution >= 4 is 23.2 Å². The summed E-state index contributed by atoms with van der Waals surface area (Å²) in [6, 6.07) is 3.49. The topological polar surface area (TPSA) is 115 Å². The van der Waals surface area contributed by atoms with Gasteiger partial charge in [0.05, 0.1) is 4.92 Å². The molecule has 2 rings (SSSR count). The number of aromatic nitrogens is 2. The number of carboxylic acid groups (broad SMARTS) is 1. The molecule has 0 saturated heterocycles. The predicted octanol–water partition coefficient (Wildman–Crippen LogP) is 2.50. The number of ether oxygens (including phenoxy) is 1. The smallest absolute Gasteiger partial charge is 0.342 e. The highest BCUT2D eigenvalue weighted by atomic mass is 32.1. The third kappa shape index (κ3) is 2.88. The molecule has 0 fully saturated rings. The number of hydrogen-bond acceptors (Lipinski definition) is 7. The first-order valence-electron chi connectivity index (χ1n) is 5.53. The summed E-state index contributed by atoms with van der Waals surface area (Å²) in [7, 11) is 0. The molecule has 104 valence electrons. The molecule has 0 radical (unpaired) electrons. The standard InChI is InChI=1S/C11H9N3O5S/c1-2-9-12-11(20-13-9)19-6-3-4-8(14(17)18)7(5-6)10(15)16/h3-5H,2H2,1H3,(H,15,16). The van der Waals surface area contributed by atoms with Crippen molar-refractivity contribution < 1.29 is 19.6 Å². The lowest BCUT2D eigenvalue weighted by Crippen LogP contribution is -2.02. The SMILES string of the molecule is CCc1nsc(Oc2ccc([N+](=O)[O-])c(C(=O)O)c2)n1. The summed E-state index contributed by atoms with van der Waals surface area (Å²) in [6.45, 7) is 1.89. The van der Waals surface area contributed by atoms with Gasteiger partial charge in [0.25, 0.3) is 10.9 Å². The van der Waals surface area contributed by atoms with E-state index in [1.807, 2.05) is 6.92 Å². The first kappa shape index (κ1) is 13.9. The number of nitro benzene ring substituents is 1. The monoisotopic (exact) mass is 295 g/mol. The molecule has 1 N–H and O–H groups in total. The minimum absolute atomic E-state index is 0.159. The third-order valence-corrected chi connectivity index (χ3v) is 3.00. The summed E-state index contributed by atoms with van der Waals surface area (Å²) in [5.41, 5.74) is -0.927. The Bertz CT molecular complexity index is 670. The van der Waals surface area contributed by atoms with E-state index < -0.39 is 22.1 Å². The molecular weight excluding hydrogens is 286 g/mol. The minimum atomic E-state index is -1.39. The van der Waals surface area contributed by atoms with Crippen molar-refractivity contribution in [1.29, 1.82) is 0 Å². The van der Waals surface area contributed by atoms with Crippen LogP contribution in [0.5, 0.6) is 10.9 Å². The number of carboxylic acids is 1. The predicted molar refractivity (Wildman–Crippen MR) is 69.4 cm³/mol. The van der Waals surface area contributed by atoms with E-state index in [4.69, 9.17) is 9.84 Å². The average Bonchev–Trinajstić information content (AvgIpc) is 2.86. The average molecular weight is 295 g/mol. The molecule has 0 aliphatic carbocycles. The zero-order valence-corrected chi connectivity index (χ0v) is 11.1. The molecule has 20 heavy (non-hydrogen) atoms. The molecule has 0 saturated carbocycles. The second-order valence-corrected chi connectivity index (χ2v) is 4.39. The van der Waals surface area contributed by atoms with Crippen LogP contribution in [-0.2, 0) is 6.42 Å². The zero-order chi connectivity index (χ0) is 14.7. The van der Waals surface area contributed by atoms with Crippen molar-refractivity contribution in [2.45, 2.75) is 13.3 Å². The van der Waals surface area contributed by atoms with Gasteiger partial charge in [-0.3, -0.25) is 10.1 Å². The lowest BCUT2D eigenvalue weighted by molar-refractivity contribution is -0.385. The number of nitrogens with zero attached hydrogens (tertiary/aromatic N) is 3. The van der Waals surface area contributed by atoms with Crippen molar-refractivity contribution in [3.63, 3.8) is 0 Å². The maximum absolute atomic E-state index is 11.0. The van der Waals surface area contributed by atoms with E-state index in [9.17, 15) is 14.9 Å². The van der Waals surface area contributed by atoms with E-state index in [0.29, 0.717) is 12.2 Å². The van der Waals surface area contributed by atoms with E-state index >= 15 is 0 Å². The van der Waals surface area contributed by atoms with Gasteiger partial charge in [0, 0.05) is 30.1 Å². The molecule has 2 aromatic rings. The Labute approximate surface area is 117 Å². The number of rotatable bonds is 5. The summed E-state index contributed by atoms with van der Waals surface area (Å²) >= 11 is 1.03. The van der Waals surface area contributed by atoms with E-state index in [0.717, 1.165) is 23.7 Å². The van der Waals surface area contributed by atoms with E-state index in [2.05, 4.69) is 9.36 Å². The molecule has 9 heteroatoms. The van der Waals surface area contributed by atoms with E-state index in [-0.39, 0.29) is 10.9 Å². The molecule has 0 aliphatic heterocycles. The van der Waals surface area contributed by atoms with Gasteiger partial charge in [0.2, 0.25) is 0 Å². The van der Waals surface area contributed by atoms with Gasteiger partial charge in [-0.15, -0.1) is 0 Å². The fraction of sp³-hybridized carbons (Fsp3) is 0.182. The minimum Gasteiger partial charge on any atom is -0.477 e. The van der Waals surface area contributed by atoms with Crippen molar-refractivity contribution in [2.75, 3.05) is 0 Å². The van der Waals surface area contributed by atoms with Crippen LogP contribution in [0.2, 0.25) is 0 Å². The Morgan fingerprint density at radius 1 is 1.55 bits per heavy atom. The Kier molecular flexibility index (Phi) is 3.89. The van der Waals surface area contributed by atoms with Crippen molar-refractivity contribution in [3.8, 4) is 10.9 Å². The van der Waals surface area contributed by atoms with Crippen LogP contribution in [0.4, 0.5) is 5.69 Å². The molecular formula is C11H9N3O5S. The molecule has 1 aromatic heterocycles. The Morgan fingerprint density at radius 3 is 2.85 bits per heavy atom. The van der Waals surface area contributed by atoms with Crippen molar-refractivity contribution in [2.24, 2.45) is 0 Å². The quantitative estimate of drug-likeness (QED) is 0.665. The lowest BCUT2D eigenvalue weighted by atomic mass is 10.2. The molecule has 1 aromatic carbocycles. The Hall–Kier alpha value is -2.55. The number of carbonyl (C=O) groups is 1. The fourth-order valence-electron chi connectivity index (χ4n) is 1.43. The van der Waals surface area contributed by atoms with Crippen molar-refractivity contribution in [1.82, 2.24) is 9.36 Å². The van der Waals surface area contributed by atoms with Gasteiger partial charge >= 0.3 is 5.97 Å². The van der Waals surface area contributed by atoms with E-state index in [1.54, 1.807) is 0 Å². The number of aryl methyl sites for hydroxylation is 1. The summed E-state index contributed by atoms with van der Waals surface area (Å²) in [6.07, 6.45) is 0.653. The Morgan fingerprint density at radius 2 is 2.30 bits per heavy atom. The van der Waals surface area contributed by atoms with Gasteiger partial charge in [-0.05, 0) is 6.07 Å². The van der Waals surface area contributed by atoms with Crippen LogP contribution in [0, 0.1) is 10.1 Å². The molecule has 0 spiro atoms. The maximum atomic E-state index is 11.0. The highest BCUT2D eigenvalue weighted by Gasteiger charge is 2.21. The van der Waals surface area contributed by atoms with E-state index in [1.165, 1.54) is 6.07 Å². The van der Waals surface area contributed by atoms with Crippen LogP contribution in [-0.4, -0.2) is 25.4 Å². The van der Waals surface area contributed by atoms with Crippen LogP contribution in [0.15, 0.2) is 18.2 Å². The van der Waals surface area contributed by atoms with Gasteiger partial charge in [0.1, 0.15) is 17.1 Å². The molecule has 0 amide bonds. The summed E-state index contributed by atoms with van der Waals surface area (Å²) in [5.74, 6) is -0.620. The Balaban J connectivity index is 2.31. The van der Waals surface area contributed by atoms with Gasteiger partial charge in [-0.1, -0.05) is 6.92 Å². The molecule has 1 heterocycles. The number of hydrogen-bond donors (Lipinski definition) is 1. The lowest BCUT2D eigenvalue weighted by Gasteiger charge is -2.03. The van der Waals surface area contributed by atoms with Crippen LogP contribution in [0.1, 0.15) is 23.1 Å². The summed E-state index contributed by atoms with van der Waals surface area (Å²) < 4.78 is 9.36. The highest BCUT2D eigenvalue weighted by molar-refractivity contribution is 7.07. The van der Waals surface area contributed by atoms with Gasteiger partial charge < -0.3 is 9.84 Å². The molecule has 0 aliphatic rings. The third-order valence-electron chi connectivity index (χ3n) is 2.37. The second-order valence-electron chi connectivity index (χ2n) is 3.67. The van der Waals surface area contributed by atoms with Crippen LogP contribution in [0.25, 0.3) is 0 Å². The van der Waals surface area contributed by atoms with Crippen LogP contribution < -0.4 is 4.74 Å². The normalized spacial score (nSPS) is 10.2. The maximum Gasteiger partial charge on any atom is 0.342 e.